The molecule has 0 aromatic carbocycles. The molecule has 2 unspecified atom stereocenters. The highest BCUT2D eigenvalue weighted by atomic mass is 16.3. The van der Waals surface area contributed by atoms with Crippen LogP contribution in [-0.2, 0) is 0 Å². The minimum atomic E-state index is -0.0420. The summed E-state index contributed by atoms with van der Waals surface area (Å²) in [6.07, 6.45) is 14.3. The molecule has 172 valence electrons. The Hall–Kier alpha value is -0.300. The smallest absolute Gasteiger partial charge is 0.0543 e. The van der Waals surface area contributed by atoms with Gasteiger partial charge in [0, 0.05) is 0 Å². The minimum Gasteiger partial charge on any atom is -0.393 e. The molecule has 1 N–H and O–H groups in total. The normalized spacial score (nSPS) is 45.7. The zero-order valence-electron chi connectivity index (χ0n) is 21.2. The Morgan fingerprint density at radius 3 is 2.30 bits per heavy atom. The average Bonchev–Trinajstić information content (AvgIpc) is 2.97. The van der Waals surface area contributed by atoms with Crippen molar-refractivity contribution in [3.05, 3.63) is 11.1 Å². The molecule has 4 rings (SSSR count). The molecule has 0 aliphatic heterocycles. The molecule has 30 heavy (non-hydrogen) atoms. The molecular formula is C29H50O. The lowest BCUT2D eigenvalue weighted by molar-refractivity contribution is -0.00530. The van der Waals surface area contributed by atoms with Gasteiger partial charge in [-0.3, -0.25) is 0 Å². The summed E-state index contributed by atoms with van der Waals surface area (Å²) in [4.78, 5) is 0. The first kappa shape index (κ1) is 22.9. The van der Waals surface area contributed by atoms with Crippen molar-refractivity contribution in [1.29, 1.82) is 0 Å². The van der Waals surface area contributed by atoms with E-state index in [-0.39, 0.29) is 6.10 Å². The van der Waals surface area contributed by atoms with Crippen molar-refractivity contribution in [3.63, 3.8) is 0 Å². The third kappa shape index (κ3) is 3.36. The molecule has 0 spiro atoms. The van der Waals surface area contributed by atoms with Gasteiger partial charge in [0.05, 0.1) is 6.10 Å². The summed E-state index contributed by atoms with van der Waals surface area (Å²) < 4.78 is 0. The molecule has 0 amide bonds. The van der Waals surface area contributed by atoms with Gasteiger partial charge in [-0.05, 0) is 104 Å². The summed E-state index contributed by atoms with van der Waals surface area (Å²) in [5.41, 5.74) is 5.06. The molecule has 4 aliphatic rings. The first-order valence-electron chi connectivity index (χ1n) is 13.4. The highest BCUT2D eigenvalue weighted by molar-refractivity contribution is 5.38. The van der Waals surface area contributed by atoms with Crippen molar-refractivity contribution in [3.8, 4) is 0 Å². The Bertz CT molecular complexity index is 676. The van der Waals surface area contributed by atoms with E-state index in [2.05, 4.69) is 48.5 Å². The van der Waals surface area contributed by atoms with Gasteiger partial charge in [-0.15, -0.1) is 0 Å². The Labute approximate surface area is 187 Å². The van der Waals surface area contributed by atoms with Crippen LogP contribution in [0.4, 0.5) is 0 Å². The first-order valence-corrected chi connectivity index (χ1v) is 13.4. The van der Waals surface area contributed by atoms with Crippen LogP contribution in [0.2, 0.25) is 0 Å². The summed E-state index contributed by atoms with van der Waals surface area (Å²) in [7, 11) is 0. The maximum absolute atomic E-state index is 10.3. The number of fused-ring (bicyclic) bond motifs is 4. The Morgan fingerprint density at radius 1 is 0.867 bits per heavy atom. The number of hydrogen-bond donors (Lipinski definition) is 1. The maximum Gasteiger partial charge on any atom is 0.0543 e. The van der Waals surface area contributed by atoms with Crippen LogP contribution in [0.5, 0.6) is 0 Å². The second kappa shape index (κ2) is 7.93. The van der Waals surface area contributed by atoms with Crippen molar-refractivity contribution in [2.45, 2.75) is 125 Å². The molecule has 1 nitrogen and oxygen atoms in total. The molecular weight excluding hydrogens is 364 g/mol. The third-order valence-electron chi connectivity index (χ3n) is 11.7. The zero-order valence-corrected chi connectivity index (χ0v) is 21.2. The molecule has 0 aromatic rings. The Balaban J connectivity index is 1.58. The molecule has 8 atom stereocenters. The highest BCUT2D eigenvalue weighted by Gasteiger charge is 2.61. The molecule has 1 heteroatoms. The maximum atomic E-state index is 10.3. The number of aliphatic hydroxyl groups is 1. The molecule has 4 aliphatic carbocycles. The van der Waals surface area contributed by atoms with E-state index in [9.17, 15) is 5.11 Å². The van der Waals surface area contributed by atoms with Crippen LogP contribution < -0.4 is 0 Å². The van der Waals surface area contributed by atoms with Crippen LogP contribution in [0.3, 0.4) is 0 Å². The topological polar surface area (TPSA) is 20.2 Å². The average molecular weight is 415 g/mol. The van der Waals surface area contributed by atoms with Gasteiger partial charge in [0.15, 0.2) is 0 Å². The SMILES string of the molecule is CC(C)C(C)CC[C@@H](C)[C@H]1CC[C@@]2(C)C3=C(CC[C@]12C)[C@@]1(C)CC[C@H](O)CC1CC3. The molecule has 0 radical (unpaired) electrons. The van der Waals surface area contributed by atoms with E-state index in [1.807, 2.05) is 11.1 Å². The van der Waals surface area contributed by atoms with E-state index in [0.29, 0.717) is 16.2 Å². The molecule has 0 bridgehead atoms. The lowest BCUT2D eigenvalue weighted by atomic mass is 9.46. The third-order valence-corrected chi connectivity index (χ3v) is 11.7. The van der Waals surface area contributed by atoms with Gasteiger partial charge >= 0.3 is 0 Å². The summed E-state index contributed by atoms with van der Waals surface area (Å²) in [6, 6.07) is 0. The van der Waals surface area contributed by atoms with E-state index >= 15 is 0 Å². The predicted molar refractivity (Wildman–Crippen MR) is 128 cm³/mol. The number of hydrogen-bond acceptors (Lipinski definition) is 1. The van der Waals surface area contributed by atoms with Gasteiger partial charge in [-0.25, -0.2) is 0 Å². The summed E-state index contributed by atoms with van der Waals surface area (Å²) >= 11 is 0. The Kier molecular flexibility index (Phi) is 6.05. The van der Waals surface area contributed by atoms with Crippen LogP contribution in [0.1, 0.15) is 119 Å². The summed E-state index contributed by atoms with van der Waals surface area (Å²) in [5.74, 6) is 4.15. The lowest BCUT2D eigenvalue weighted by Crippen LogP contribution is -2.49. The minimum absolute atomic E-state index is 0.0420. The highest BCUT2D eigenvalue weighted by Crippen LogP contribution is 2.71. The largest absolute Gasteiger partial charge is 0.393 e. The quantitative estimate of drug-likeness (QED) is 0.450. The van der Waals surface area contributed by atoms with Crippen LogP contribution in [-0.4, -0.2) is 11.2 Å². The summed E-state index contributed by atoms with van der Waals surface area (Å²) in [6.45, 7) is 17.8. The Morgan fingerprint density at radius 2 is 1.60 bits per heavy atom. The molecule has 0 aromatic heterocycles. The van der Waals surface area contributed by atoms with E-state index in [1.165, 1.54) is 57.8 Å². The zero-order chi connectivity index (χ0) is 21.9. The van der Waals surface area contributed by atoms with Crippen LogP contribution in [0, 0.1) is 45.8 Å². The molecule has 0 saturated heterocycles. The van der Waals surface area contributed by atoms with Crippen LogP contribution in [0.15, 0.2) is 11.1 Å². The van der Waals surface area contributed by atoms with Gasteiger partial charge < -0.3 is 5.11 Å². The van der Waals surface area contributed by atoms with E-state index in [1.54, 1.807) is 0 Å². The van der Waals surface area contributed by atoms with E-state index < -0.39 is 0 Å². The van der Waals surface area contributed by atoms with Gasteiger partial charge in [0.1, 0.15) is 0 Å². The first-order chi connectivity index (χ1) is 14.0. The van der Waals surface area contributed by atoms with Crippen molar-refractivity contribution in [1.82, 2.24) is 0 Å². The fourth-order valence-corrected chi connectivity index (χ4v) is 8.84. The fourth-order valence-electron chi connectivity index (χ4n) is 8.84. The molecule has 2 saturated carbocycles. The standard InChI is InChI=1S/C29H50O/c1-19(2)20(3)8-9-21(4)24-13-16-29(7)26-11-10-22-18-23(30)12-15-27(22,5)25(26)14-17-28(24,29)6/h19-24,30H,8-18H2,1-7H3/t20?,21-,22?,23+,24-,27+,28-,29+/m1/s1. The van der Waals surface area contributed by atoms with E-state index in [4.69, 9.17) is 0 Å². The van der Waals surface area contributed by atoms with Crippen LogP contribution in [0.25, 0.3) is 0 Å². The molecule has 2 fully saturated rings. The van der Waals surface area contributed by atoms with E-state index in [0.717, 1.165) is 42.4 Å². The second-order valence-electron chi connectivity index (χ2n) is 13.2. The predicted octanol–water partition coefficient (Wildman–Crippen LogP) is 8.17. The number of aliphatic hydroxyl groups excluding tert-OH is 1. The van der Waals surface area contributed by atoms with Gasteiger partial charge in [-0.2, -0.15) is 0 Å². The van der Waals surface area contributed by atoms with Gasteiger partial charge in [-0.1, -0.05) is 72.5 Å². The van der Waals surface area contributed by atoms with Crippen molar-refractivity contribution in [2.75, 3.05) is 0 Å². The second-order valence-corrected chi connectivity index (χ2v) is 13.2. The summed E-state index contributed by atoms with van der Waals surface area (Å²) in [5, 5.41) is 10.3. The van der Waals surface area contributed by atoms with Crippen molar-refractivity contribution >= 4 is 0 Å². The van der Waals surface area contributed by atoms with Crippen molar-refractivity contribution in [2.24, 2.45) is 45.8 Å². The van der Waals surface area contributed by atoms with Gasteiger partial charge in [0.2, 0.25) is 0 Å². The lowest BCUT2D eigenvalue weighted by Gasteiger charge is -2.59. The van der Waals surface area contributed by atoms with Crippen LogP contribution >= 0.6 is 0 Å². The molecule has 0 heterocycles. The van der Waals surface area contributed by atoms with Gasteiger partial charge in [0.25, 0.3) is 0 Å². The monoisotopic (exact) mass is 414 g/mol. The van der Waals surface area contributed by atoms with Crippen molar-refractivity contribution < 1.29 is 5.11 Å². The fraction of sp³-hybridized carbons (Fsp3) is 0.931. The number of allylic oxidation sites excluding steroid dienone is 2. The number of rotatable bonds is 5.